The van der Waals surface area contributed by atoms with Crippen LogP contribution in [0, 0.1) is 0 Å². The Kier molecular flexibility index (Phi) is 11.1. The molecule has 0 spiro atoms. The van der Waals surface area contributed by atoms with E-state index in [1.165, 1.54) is 0 Å². The van der Waals surface area contributed by atoms with Gasteiger partial charge in [-0.1, -0.05) is 13.8 Å². The zero-order valence-corrected chi connectivity index (χ0v) is 9.18. The molecule has 0 aromatic rings. The topological polar surface area (TPSA) is 3.01 Å². The Morgan fingerprint density at radius 1 is 1.09 bits per heavy atom. The summed E-state index contributed by atoms with van der Waals surface area (Å²) in [6, 6.07) is 0. The number of hydrogen-bond acceptors (Lipinski definition) is 0. The summed E-state index contributed by atoms with van der Waals surface area (Å²) in [7, 11) is 0. The summed E-state index contributed by atoms with van der Waals surface area (Å²) in [5, 5.41) is 0. The molecule has 0 amide bonds. The minimum atomic E-state index is 0. The highest BCUT2D eigenvalue weighted by atomic mass is 35.5. The van der Waals surface area contributed by atoms with Crippen molar-refractivity contribution >= 4 is 27.8 Å². The summed E-state index contributed by atoms with van der Waals surface area (Å²) in [6.07, 6.45) is 2.17. The Balaban J connectivity index is 0. The second kappa shape index (κ2) is 8.63. The van der Waals surface area contributed by atoms with Crippen LogP contribution >= 0.6 is 23.2 Å². The van der Waals surface area contributed by atoms with E-state index >= 15 is 0 Å². The molecule has 0 bridgehead atoms. The molecular weight excluding hydrogens is 204 g/mol. The summed E-state index contributed by atoms with van der Waals surface area (Å²) in [5.41, 5.74) is 0. The molecule has 0 saturated heterocycles. The van der Waals surface area contributed by atoms with Crippen LogP contribution in [0.5, 0.6) is 0 Å². The van der Waals surface area contributed by atoms with Gasteiger partial charge in [0.2, 0.25) is 0 Å². The maximum absolute atomic E-state index is 5.61. The lowest BCUT2D eigenvalue weighted by molar-refractivity contribution is -0.523. The molecule has 0 N–H and O–H groups in total. The number of rotatable bonds is 4. The molecule has 0 fully saturated rings. The molecule has 0 unspecified atom stereocenters. The van der Waals surface area contributed by atoms with Crippen LogP contribution in [-0.2, 0) is 0 Å². The monoisotopic (exact) mass is 217 g/mol. The average molecular weight is 219 g/mol. The van der Waals surface area contributed by atoms with Crippen molar-refractivity contribution in [3.05, 3.63) is 0 Å². The molecule has 0 atom stereocenters. The molecule has 0 radical (unpaired) electrons. The van der Waals surface area contributed by atoms with Gasteiger partial charge in [0, 0.05) is 36.0 Å². The van der Waals surface area contributed by atoms with Crippen molar-refractivity contribution in [3.8, 4) is 0 Å². The van der Waals surface area contributed by atoms with Gasteiger partial charge >= 0.3 is 4.63 Å². The third kappa shape index (κ3) is 6.92. The van der Waals surface area contributed by atoms with Crippen molar-refractivity contribution in [3.63, 3.8) is 0 Å². The molecule has 0 heterocycles. The van der Waals surface area contributed by atoms with Crippen LogP contribution in [0.3, 0.4) is 0 Å². The summed E-state index contributed by atoms with van der Waals surface area (Å²) in [5.74, 6) is 0. The van der Waals surface area contributed by atoms with Crippen LogP contribution in [0.1, 0.15) is 26.7 Å². The van der Waals surface area contributed by atoms with Gasteiger partial charge in [0.25, 0.3) is 0 Å². The number of halogens is 3. The Labute approximate surface area is 84.8 Å². The van der Waals surface area contributed by atoms with Gasteiger partial charge in [-0.3, -0.25) is 0 Å². The smallest absolute Gasteiger partial charge is 0.341 e. The maximum atomic E-state index is 5.61. The SMILES string of the molecule is CCC[N+](CCC)=C(Cl)Cl.[Cl-]. The van der Waals surface area contributed by atoms with Crippen LogP contribution in [0.2, 0.25) is 0 Å². The molecule has 0 aromatic heterocycles. The molecule has 0 aromatic carbocycles. The molecule has 0 aliphatic carbocycles. The highest BCUT2D eigenvalue weighted by Gasteiger charge is 2.05. The summed E-state index contributed by atoms with van der Waals surface area (Å²) in [4.78, 5) is 0. The average Bonchev–Trinajstić information content (AvgIpc) is 1.87. The number of nitrogens with zero attached hydrogens (tertiary/aromatic N) is 1. The van der Waals surface area contributed by atoms with Crippen LogP contribution in [0.4, 0.5) is 0 Å². The molecular formula is C7H14Cl3N. The molecule has 68 valence electrons. The summed E-state index contributed by atoms with van der Waals surface area (Å²) in [6.45, 7) is 6.13. The third-order valence-corrected chi connectivity index (χ3v) is 1.70. The highest BCUT2D eigenvalue weighted by molar-refractivity contribution is 6.94. The molecule has 11 heavy (non-hydrogen) atoms. The van der Waals surface area contributed by atoms with Crippen molar-refractivity contribution in [1.29, 1.82) is 0 Å². The van der Waals surface area contributed by atoms with Crippen molar-refractivity contribution in [2.75, 3.05) is 13.1 Å². The Bertz CT molecular complexity index is 111. The normalized spacial score (nSPS) is 8.73. The van der Waals surface area contributed by atoms with E-state index in [1.807, 2.05) is 4.58 Å². The minimum Gasteiger partial charge on any atom is -1.00 e. The largest absolute Gasteiger partial charge is 1.00 e. The first-order chi connectivity index (χ1) is 4.72. The first-order valence-electron chi connectivity index (χ1n) is 3.65. The summed E-state index contributed by atoms with van der Waals surface area (Å²) < 4.78 is 2.37. The second-order valence-electron chi connectivity index (χ2n) is 2.23. The zero-order chi connectivity index (χ0) is 7.98. The number of hydrogen-bond donors (Lipinski definition) is 0. The van der Waals surface area contributed by atoms with Gasteiger partial charge in [-0.25, -0.2) is 4.58 Å². The summed E-state index contributed by atoms with van der Waals surface area (Å²) >= 11 is 11.2. The predicted octanol–water partition coefficient (Wildman–Crippen LogP) is -0.344. The van der Waals surface area contributed by atoms with Crippen LogP contribution in [0.15, 0.2) is 0 Å². The third-order valence-electron chi connectivity index (χ3n) is 1.23. The van der Waals surface area contributed by atoms with Gasteiger partial charge in [-0.2, -0.15) is 0 Å². The van der Waals surface area contributed by atoms with E-state index < -0.39 is 0 Å². The van der Waals surface area contributed by atoms with Crippen molar-refractivity contribution in [2.45, 2.75) is 26.7 Å². The van der Waals surface area contributed by atoms with E-state index in [2.05, 4.69) is 13.8 Å². The van der Waals surface area contributed by atoms with E-state index in [9.17, 15) is 0 Å². The Hall–Kier alpha value is 0.540. The van der Waals surface area contributed by atoms with Gasteiger partial charge < -0.3 is 12.4 Å². The van der Waals surface area contributed by atoms with Crippen molar-refractivity contribution in [2.24, 2.45) is 0 Å². The van der Waals surface area contributed by atoms with Crippen molar-refractivity contribution in [1.82, 2.24) is 0 Å². The van der Waals surface area contributed by atoms with E-state index in [1.54, 1.807) is 0 Å². The highest BCUT2D eigenvalue weighted by Crippen LogP contribution is 1.95. The first-order valence-corrected chi connectivity index (χ1v) is 4.40. The lowest BCUT2D eigenvalue weighted by Crippen LogP contribution is -3.00. The van der Waals surface area contributed by atoms with Gasteiger partial charge in [-0.05, 0) is 0 Å². The Morgan fingerprint density at radius 3 is 1.64 bits per heavy atom. The maximum Gasteiger partial charge on any atom is 0.341 e. The standard InChI is InChI=1S/C7H14Cl2N.ClH/c1-3-5-10(6-4-2)7(8)9;/h3-6H2,1-2H3;1H/q+1;/p-1. The van der Waals surface area contributed by atoms with Gasteiger partial charge in [-0.15, -0.1) is 0 Å². The van der Waals surface area contributed by atoms with Gasteiger partial charge in [0.05, 0.1) is 0 Å². The molecule has 0 aliphatic heterocycles. The fourth-order valence-corrected chi connectivity index (χ4v) is 1.16. The lowest BCUT2D eigenvalue weighted by atomic mass is 10.4. The fourth-order valence-electron chi connectivity index (χ4n) is 0.821. The molecule has 1 nitrogen and oxygen atoms in total. The van der Waals surface area contributed by atoms with Crippen LogP contribution in [0.25, 0.3) is 0 Å². The molecule has 0 aliphatic rings. The minimum absolute atomic E-state index is 0. The predicted molar refractivity (Wildman–Crippen MR) is 47.3 cm³/mol. The van der Waals surface area contributed by atoms with E-state index in [4.69, 9.17) is 23.2 Å². The molecule has 0 rings (SSSR count). The Morgan fingerprint density at radius 2 is 1.45 bits per heavy atom. The molecule has 4 heteroatoms. The van der Waals surface area contributed by atoms with Gasteiger partial charge in [0.1, 0.15) is 13.1 Å². The van der Waals surface area contributed by atoms with Crippen molar-refractivity contribution < 1.29 is 17.0 Å². The van der Waals surface area contributed by atoms with E-state index in [0.29, 0.717) is 4.63 Å². The van der Waals surface area contributed by atoms with Gasteiger partial charge in [0.15, 0.2) is 0 Å². The first kappa shape index (κ1) is 14.1. The second-order valence-corrected chi connectivity index (χ2v) is 3.14. The fraction of sp³-hybridized carbons (Fsp3) is 0.857. The van der Waals surface area contributed by atoms with E-state index in [-0.39, 0.29) is 12.4 Å². The lowest BCUT2D eigenvalue weighted by Gasteiger charge is -1.98. The molecule has 0 saturated carbocycles. The van der Waals surface area contributed by atoms with Crippen LogP contribution in [-0.4, -0.2) is 22.3 Å². The zero-order valence-electron chi connectivity index (χ0n) is 6.91. The quantitative estimate of drug-likeness (QED) is 0.449. The van der Waals surface area contributed by atoms with Crippen LogP contribution < -0.4 is 12.4 Å². The van der Waals surface area contributed by atoms with E-state index in [0.717, 1.165) is 25.9 Å².